The molecule has 0 heterocycles. The minimum Gasteiger partial charge on any atom is -0.369 e. The first-order valence-electron chi connectivity index (χ1n) is 9.21. The highest BCUT2D eigenvalue weighted by Gasteiger charge is 2.51. The molecule has 144 valence electrons. The van der Waals surface area contributed by atoms with Crippen LogP contribution < -0.4 is 15.9 Å². The molecule has 29 heavy (non-hydrogen) atoms. The van der Waals surface area contributed by atoms with Gasteiger partial charge in [0, 0.05) is 14.1 Å². The number of allylic oxidation sites excluding steroid dienone is 1. The third-order valence-electron chi connectivity index (χ3n) is 4.49. The number of rotatable bonds is 6. The second-order valence-electron chi connectivity index (χ2n) is 6.67. The van der Waals surface area contributed by atoms with Crippen LogP contribution in [0.3, 0.4) is 0 Å². The summed E-state index contributed by atoms with van der Waals surface area (Å²) in [7, 11) is 1.32. The number of nitriles is 1. The predicted octanol–water partition coefficient (Wildman–Crippen LogP) is 4.19. The Labute approximate surface area is 178 Å². The molecule has 0 aliphatic heterocycles. The maximum absolute atomic E-state index is 10.4. The number of benzene rings is 3. The fraction of sp³-hybridized carbons (Fsp3) is 0.0833. The molecule has 0 amide bonds. The van der Waals surface area contributed by atoms with Crippen molar-refractivity contribution in [3.05, 3.63) is 101 Å². The molecule has 5 heteroatoms. The SMILES string of the molecule is CN(C)/C=N/C(S)=C(C#N)[P+](c1ccccc1)(c1ccccc1)c1ccccc1. The van der Waals surface area contributed by atoms with Crippen LogP contribution in [-0.2, 0) is 0 Å². The van der Waals surface area contributed by atoms with E-state index in [1.807, 2.05) is 73.6 Å². The second kappa shape index (κ2) is 9.56. The first-order chi connectivity index (χ1) is 14.1. The lowest BCUT2D eigenvalue weighted by Gasteiger charge is -2.26. The molecule has 3 nitrogen and oxygen atoms in total. The van der Waals surface area contributed by atoms with E-state index in [-0.39, 0.29) is 0 Å². The Kier molecular flexibility index (Phi) is 6.88. The van der Waals surface area contributed by atoms with Crippen molar-refractivity contribution in [1.29, 1.82) is 5.26 Å². The highest BCUT2D eigenvalue weighted by molar-refractivity contribution is 8.00. The molecule has 0 aromatic heterocycles. The summed E-state index contributed by atoms with van der Waals surface area (Å²) in [4.78, 5) is 6.32. The Morgan fingerprint density at radius 3 is 1.52 bits per heavy atom. The van der Waals surface area contributed by atoms with Gasteiger partial charge in [0.1, 0.15) is 27.0 Å². The zero-order chi connectivity index (χ0) is 20.7. The van der Waals surface area contributed by atoms with E-state index in [1.54, 1.807) is 6.34 Å². The first-order valence-corrected chi connectivity index (χ1v) is 11.4. The van der Waals surface area contributed by atoms with Gasteiger partial charge in [0.25, 0.3) is 0 Å². The van der Waals surface area contributed by atoms with Gasteiger partial charge in [0.15, 0.2) is 7.26 Å². The number of hydrogen-bond donors (Lipinski definition) is 1. The lowest BCUT2D eigenvalue weighted by Crippen LogP contribution is -2.32. The van der Waals surface area contributed by atoms with E-state index in [1.165, 1.54) is 0 Å². The predicted molar refractivity (Wildman–Crippen MR) is 129 cm³/mol. The zero-order valence-electron chi connectivity index (χ0n) is 16.5. The zero-order valence-corrected chi connectivity index (χ0v) is 18.3. The van der Waals surface area contributed by atoms with Gasteiger partial charge in [0.2, 0.25) is 5.31 Å². The number of thiol groups is 1. The average molecular weight is 417 g/mol. The van der Waals surface area contributed by atoms with Crippen molar-refractivity contribution in [1.82, 2.24) is 4.90 Å². The molecule has 0 bridgehead atoms. The molecule has 0 unspecified atom stereocenters. The molecule has 0 N–H and O–H groups in total. The first kappa shape index (κ1) is 20.9. The third kappa shape index (κ3) is 4.27. The fourth-order valence-corrected chi connectivity index (χ4v) is 7.88. The number of hydrogen-bond acceptors (Lipinski definition) is 3. The van der Waals surface area contributed by atoms with E-state index in [0.717, 1.165) is 15.9 Å². The van der Waals surface area contributed by atoms with E-state index in [0.29, 0.717) is 10.3 Å². The quantitative estimate of drug-likeness (QED) is 0.215. The molecule has 0 spiro atoms. The lowest BCUT2D eigenvalue weighted by atomic mass is 10.4. The smallest absolute Gasteiger partial charge is 0.217 e. The van der Waals surface area contributed by atoms with Gasteiger partial charge in [0.05, 0.1) is 6.34 Å². The van der Waals surface area contributed by atoms with Crippen LogP contribution in [0.5, 0.6) is 0 Å². The lowest BCUT2D eigenvalue weighted by molar-refractivity contribution is 0.643. The largest absolute Gasteiger partial charge is 0.369 e. The van der Waals surface area contributed by atoms with Crippen molar-refractivity contribution in [2.75, 3.05) is 14.1 Å². The summed E-state index contributed by atoms with van der Waals surface area (Å²) in [5.41, 5.74) is 0. The molecule has 3 aromatic rings. The van der Waals surface area contributed by atoms with E-state index in [9.17, 15) is 5.26 Å². The van der Waals surface area contributed by atoms with Gasteiger partial charge in [-0.2, -0.15) is 5.26 Å². The topological polar surface area (TPSA) is 39.4 Å². The molecule has 0 aliphatic rings. The summed E-state index contributed by atoms with van der Waals surface area (Å²) in [5.74, 6) is 0. The van der Waals surface area contributed by atoms with Crippen molar-refractivity contribution in [2.24, 2.45) is 4.99 Å². The summed E-state index contributed by atoms with van der Waals surface area (Å²) < 4.78 is 0. The molecule has 0 fully saturated rings. The Morgan fingerprint density at radius 1 is 0.828 bits per heavy atom. The minimum atomic E-state index is -2.47. The van der Waals surface area contributed by atoms with Crippen LogP contribution in [0.25, 0.3) is 0 Å². The van der Waals surface area contributed by atoms with E-state index in [2.05, 4.69) is 60.1 Å². The van der Waals surface area contributed by atoms with Crippen molar-refractivity contribution in [3.8, 4) is 6.07 Å². The Morgan fingerprint density at radius 2 is 1.21 bits per heavy atom. The van der Waals surface area contributed by atoms with Gasteiger partial charge in [-0.1, -0.05) is 54.6 Å². The summed E-state index contributed by atoms with van der Waals surface area (Å²) in [6, 6.07) is 33.2. The van der Waals surface area contributed by atoms with E-state index >= 15 is 0 Å². The van der Waals surface area contributed by atoms with Crippen molar-refractivity contribution >= 4 is 42.1 Å². The summed E-state index contributed by atoms with van der Waals surface area (Å²) in [6.07, 6.45) is 1.68. The van der Waals surface area contributed by atoms with Crippen molar-refractivity contribution in [3.63, 3.8) is 0 Å². The molecule has 0 radical (unpaired) electrons. The van der Waals surface area contributed by atoms with E-state index < -0.39 is 7.26 Å². The molecular formula is C24H23N3PS+. The van der Waals surface area contributed by atoms with Crippen LogP contribution in [0, 0.1) is 11.3 Å². The monoisotopic (exact) mass is 416 g/mol. The molecule has 3 rings (SSSR count). The van der Waals surface area contributed by atoms with Crippen LogP contribution in [0.4, 0.5) is 0 Å². The molecule has 0 saturated carbocycles. The Bertz CT molecular complexity index is 943. The van der Waals surface area contributed by atoms with Crippen LogP contribution >= 0.6 is 19.9 Å². The van der Waals surface area contributed by atoms with Gasteiger partial charge in [-0.3, -0.25) is 0 Å². The maximum atomic E-state index is 10.4. The highest BCUT2D eigenvalue weighted by Crippen LogP contribution is 2.63. The fourth-order valence-electron chi connectivity index (χ4n) is 3.30. The molecule has 0 saturated heterocycles. The second-order valence-corrected chi connectivity index (χ2v) is 10.4. The Balaban J connectivity index is 2.46. The van der Waals surface area contributed by atoms with Crippen LogP contribution in [-0.4, -0.2) is 25.3 Å². The standard InChI is InChI=1S/C24H22N3PS/c1-27(2)19-26-24(29)23(18-25)28(20-12-6-3-7-13-20,21-14-8-4-9-15-21)22-16-10-5-11-17-22/h3-17,19H,1-2H3/p+1/b24-23?,26-19+. The molecular weight excluding hydrogens is 393 g/mol. The molecule has 3 aromatic carbocycles. The minimum absolute atomic E-state index is 0.436. The van der Waals surface area contributed by atoms with Gasteiger partial charge in [-0.05, 0) is 36.4 Å². The number of nitrogens with zero attached hydrogens (tertiary/aromatic N) is 3. The summed E-state index contributed by atoms with van der Waals surface area (Å²) in [6.45, 7) is 0. The summed E-state index contributed by atoms with van der Waals surface area (Å²) >= 11 is 4.68. The van der Waals surface area contributed by atoms with Crippen LogP contribution in [0.2, 0.25) is 0 Å². The molecule has 0 atom stereocenters. The van der Waals surface area contributed by atoms with Gasteiger partial charge < -0.3 is 4.90 Å². The molecule has 0 aliphatic carbocycles. The number of aliphatic imine (C=N–C) groups is 1. The van der Waals surface area contributed by atoms with Gasteiger partial charge in [-0.25, -0.2) is 4.99 Å². The third-order valence-corrected chi connectivity index (χ3v) is 9.21. The van der Waals surface area contributed by atoms with Crippen LogP contribution in [0.15, 0.2) is 106 Å². The normalized spacial score (nSPS) is 12.3. The van der Waals surface area contributed by atoms with Crippen molar-refractivity contribution in [2.45, 2.75) is 0 Å². The average Bonchev–Trinajstić information content (AvgIpc) is 2.77. The van der Waals surface area contributed by atoms with Crippen molar-refractivity contribution < 1.29 is 0 Å². The van der Waals surface area contributed by atoms with E-state index in [4.69, 9.17) is 0 Å². The summed E-state index contributed by atoms with van der Waals surface area (Å²) in [5, 5.41) is 14.7. The van der Waals surface area contributed by atoms with Crippen LogP contribution in [0.1, 0.15) is 0 Å². The van der Waals surface area contributed by atoms with Gasteiger partial charge >= 0.3 is 0 Å². The highest BCUT2D eigenvalue weighted by atomic mass is 32.1. The van der Waals surface area contributed by atoms with Gasteiger partial charge in [-0.15, -0.1) is 12.6 Å². The maximum Gasteiger partial charge on any atom is 0.217 e. The Hall–Kier alpha value is -2.86.